The maximum absolute atomic E-state index is 12.5. The number of benzene rings is 1. The highest BCUT2D eigenvalue weighted by Crippen LogP contribution is 2.41. The summed E-state index contributed by atoms with van der Waals surface area (Å²) in [6.45, 7) is 3.92. The van der Waals surface area contributed by atoms with Gasteiger partial charge in [-0.15, -0.1) is 23.1 Å². The molecule has 0 bridgehead atoms. The monoisotopic (exact) mass is 332 g/mol. The predicted octanol–water partition coefficient (Wildman–Crippen LogP) is 5.29. The number of aromatic nitrogens is 2. The topological polar surface area (TPSA) is 25.8 Å². The number of thiophene rings is 1. The first-order valence-corrected chi connectivity index (χ1v) is 9.07. The van der Waals surface area contributed by atoms with E-state index in [9.17, 15) is 4.39 Å². The third kappa shape index (κ3) is 2.88. The van der Waals surface area contributed by atoms with E-state index >= 15 is 0 Å². The molecule has 0 saturated heterocycles. The molecule has 2 aromatic heterocycles. The summed E-state index contributed by atoms with van der Waals surface area (Å²) in [6.07, 6.45) is 2.60. The molecule has 3 rings (SSSR count). The molecule has 2 heterocycles. The molecule has 1 aromatic carbocycles. The van der Waals surface area contributed by atoms with Crippen molar-refractivity contribution in [1.29, 1.82) is 0 Å². The summed E-state index contributed by atoms with van der Waals surface area (Å²) in [5.41, 5.74) is 3.69. The second-order valence-electron chi connectivity index (χ2n) is 4.98. The molecule has 22 heavy (non-hydrogen) atoms. The fourth-order valence-corrected chi connectivity index (χ4v) is 4.33. The highest BCUT2D eigenvalue weighted by Gasteiger charge is 2.16. The van der Waals surface area contributed by atoms with Gasteiger partial charge in [-0.05, 0) is 24.5 Å². The number of thioether (sulfide) groups is 1. The van der Waals surface area contributed by atoms with Crippen molar-refractivity contribution in [3.63, 3.8) is 0 Å². The van der Waals surface area contributed by atoms with E-state index in [1.54, 1.807) is 17.7 Å². The maximum Gasteiger partial charge on any atom is 0.128 e. The molecule has 0 aliphatic carbocycles. The highest BCUT2D eigenvalue weighted by molar-refractivity contribution is 7.99. The number of alkyl halides is 1. The zero-order chi connectivity index (χ0) is 15.5. The molecule has 3 aromatic rings. The molecule has 2 nitrogen and oxygen atoms in total. The van der Waals surface area contributed by atoms with Gasteiger partial charge in [0.05, 0.1) is 12.1 Å². The molecule has 114 valence electrons. The van der Waals surface area contributed by atoms with Gasteiger partial charge in [-0.25, -0.2) is 9.97 Å². The van der Waals surface area contributed by atoms with Crippen LogP contribution in [0.25, 0.3) is 21.3 Å². The van der Waals surface area contributed by atoms with Gasteiger partial charge in [0, 0.05) is 16.2 Å². The summed E-state index contributed by atoms with van der Waals surface area (Å²) in [4.78, 5) is 11.0. The van der Waals surface area contributed by atoms with Crippen LogP contribution < -0.4 is 0 Å². The minimum Gasteiger partial charge on any atom is -0.250 e. The van der Waals surface area contributed by atoms with Gasteiger partial charge in [0.15, 0.2) is 0 Å². The van der Waals surface area contributed by atoms with Gasteiger partial charge in [0.25, 0.3) is 0 Å². The van der Waals surface area contributed by atoms with E-state index in [0.717, 1.165) is 21.7 Å². The van der Waals surface area contributed by atoms with Crippen molar-refractivity contribution in [3.05, 3.63) is 41.0 Å². The molecule has 0 amide bonds. The van der Waals surface area contributed by atoms with Crippen molar-refractivity contribution in [1.82, 2.24) is 9.97 Å². The van der Waals surface area contributed by atoms with Crippen LogP contribution in [0.5, 0.6) is 0 Å². The van der Waals surface area contributed by atoms with E-state index in [1.807, 2.05) is 0 Å². The molecule has 0 spiro atoms. The van der Waals surface area contributed by atoms with E-state index < -0.39 is 0 Å². The highest BCUT2D eigenvalue weighted by atomic mass is 32.2. The number of hydrogen-bond acceptors (Lipinski definition) is 4. The molecule has 0 N–H and O–H groups in total. The van der Waals surface area contributed by atoms with Crippen molar-refractivity contribution in [2.75, 3.05) is 12.4 Å². The minimum absolute atomic E-state index is 0.347. The van der Waals surface area contributed by atoms with Gasteiger partial charge in [-0.3, -0.25) is 4.39 Å². The molecular formula is C17H17FN2S2. The van der Waals surface area contributed by atoms with E-state index in [4.69, 9.17) is 0 Å². The van der Waals surface area contributed by atoms with Crippen LogP contribution in [0.4, 0.5) is 4.39 Å². The van der Waals surface area contributed by atoms with Gasteiger partial charge >= 0.3 is 0 Å². The Hall–Kier alpha value is -1.46. The van der Waals surface area contributed by atoms with E-state index in [1.165, 1.54) is 33.3 Å². The Labute approximate surface area is 137 Å². The van der Waals surface area contributed by atoms with Crippen molar-refractivity contribution in [2.45, 2.75) is 25.3 Å². The zero-order valence-corrected chi connectivity index (χ0v) is 14.2. The summed E-state index contributed by atoms with van der Waals surface area (Å²) in [7, 11) is 0. The van der Waals surface area contributed by atoms with Gasteiger partial charge in [-0.2, -0.15) is 0 Å². The summed E-state index contributed by atoms with van der Waals surface area (Å²) < 4.78 is 12.5. The number of hydrogen-bond donors (Lipinski definition) is 0. The van der Waals surface area contributed by atoms with Crippen LogP contribution in [0.3, 0.4) is 0 Å². The quantitative estimate of drug-likeness (QED) is 0.469. The first-order valence-electron chi connectivity index (χ1n) is 7.26. The van der Waals surface area contributed by atoms with Crippen LogP contribution in [0.15, 0.2) is 35.6 Å². The first-order chi connectivity index (χ1) is 10.7. The minimum atomic E-state index is -0.347. The van der Waals surface area contributed by atoms with Crippen molar-refractivity contribution >= 4 is 33.3 Å². The predicted molar refractivity (Wildman–Crippen MR) is 93.7 cm³/mol. The summed E-state index contributed by atoms with van der Waals surface area (Å²) in [5.74, 6) is 0.426. The molecule has 0 radical (unpaired) electrons. The second-order valence-corrected chi connectivity index (χ2v) is 7.27. The largest absolute Gasteiger partial charge is 0.250 e. The molecule has 0 fully saturated rings. The molecule has 0 unspecified atom stereocenters. The standard InChI is InChI=1S/C17H17FN2S2/c1-3-12-4-6-13(7-5-12)14-11(2)22-17-15(14)16(19-10-20-17)21-9-8-18/h4-7,10H,3,8-9H2,1-2H3. The fraction of sp³-hybridized carbons (Fsp3) is 0.294. The molecule has 0 aliphatic heterocycles. The third-order valence-electron chi connectivity index (χ3n) is 3.60. The van der Waals surface area contributed by atoms with E-state index in [0.29, 0.717) is 5.75 Å². The lowest BCUT2D eigenvalue weighted by Crippen LogP contribution is -1.89. The number of halogens is 1. The van der Waals surface area contributed by atoms with Gasteiger partial charge in [-0.1, -0.05) is 31.2 Å². The summed E-state index contributed by atoms with van der Waals surface area (Å²) in [6, 6.07) is 8.64. The zero-order valence-electron chi connectivity index (χ0n) is 12.6. The molecule has 0 aliphatic rings. The Morgan fingerprint density at radius 1 is 1.18 bits per heavy atom. The van der Waals surface area contributed by atoms with Crippen LogP contribution in [0.1, 0.15) is 17.4 Å². The Morgan fingerprint density at radius 3 is 2.64 bits per heavy atom. The van der Waals surface area contributed by atoms with Crippen molar-refractivity contribution in [3.8, 4) is 11.1 Å². The third-order valence-corrected chi connectivity index (χ3v) is 5.55. The molecule has 5 heteroatoms. The summed E-state index contributed by atoms with van der Waals surface area (Å²) >= 11 is 3.13. The lowest BCUT2D eigenvalue weighted by molar-refractivity contribution is 0.532. The Bertz CT molecular complexity index is 781. The van der Waals surface area contributed by atoms with Crippen LogP contribution in [0.2, 0.25) is 0 Å². The first kappa shape index (κ1) is 15.4. The number of aryl methyl sites for hydroxylation is 2. The van der Waals surface area contributed by atoms with Crippen LogP contribution in [0, 0.1) is 6.92 Å². The van der Waals surface area contributed by atoms with Crippen LogP contribution in [-0.4, -0.2) is 22.4 Å². The average Bonchev–Trinajstić information content (AvgIpc) is 2.89. The molecular weight excluding hydrogens is 315 g/mol. The van der Waals surface area contributed by atoms with Gasteiger partial charge in [0.2, 0.25) is 0 Å². The lowest BCUT2D eigenvalue weighted by atomic mass is 10.0. The molecule has 0 atom stereocenters. The maximum atomic E-state index is 12.5. The normalized spacial score (nSPS) is 11.2. The van der Waals surface area contributed by atoms with Gasteiger partial charge in [0.1, 0.15) is 16.2 Å². The van der Waals surface area contributed by atoms with E-state index in [-0.39, 0.29) is 6.67 Å². The van der Waals surface area contributed by atoms with Crippen LogP contribution >= 0.6 is 23.1 Å². The SMILES string of the molecule is CCc1ccc(-c2c(C)sc3ncnc(SCCF)c23)cc1. The Morgan fingerprint density at radius 2 is 1.95 bits per heavy atom. The Balaban J connectivity index is 2.16. The summed E-state index contributed by atoms with van der Waals surface area (Å²) in [5, 5.41) is 1.94. The fourth-order valence-electron chi connectivity index (χ4n) is 2.52. The van der Waals surface area contributed by atoms with E-state index in [2.05, 4.69) is 48.1 Å². The second kappa shape index (κ2) is 6.75. The van der Waals surface area contributed by atoms with Crippen LogP contribution in [-0.2, 0) is 6.42 Å². The number of fused-ring (bicyclic) bond motifs is 1. The van der Waals surface area contributed by atoms with Crippen molar-refractivity contribution in [2.24, 2.45) is 0 Å². The molecule has 0 saturated carbocycles. The average molecular weight is 332 g/mol. The number of nitrogens with zero attached hydrogens (tertiary/aromatic N) is 2. The smallest absolute Gasteiger partial charge is 0.128 e. The Kier molecular flexibility index (Phi) is 4.74. The lowest BCUT2D eigenvalue weighted by Gasteiger charge is -2.06. The number of rotatable bonds is 5. The van der Waals surface area contributed by atoms with Gasteiger partial charge < -0.3 is 0 Å². The van der Waals surface area contributed by atoms with Crippen molar-refractivity contribution < 1.29 is 4.39 Å².